The molecule has 2 aromatic heterocycles. The van der Waals surface area contributed by atoms with Crippen molar-refractivity contribution in [3.05, 3.63) is 58.0 Å². The van der Waals surface area contributed by atoms with Crippen LogP contribution in [-0.4, -0.2) is 41.4 Å². The summed E-state index contributed by atoms with van der Waals surface area (Å²) in [5.74, 6) is 0.0573. The summed E-state index contributed by atoms with van der Waals surface area (Å²) in [6.07, 6.45) is 3.78. The third-order valence-corrected chi connectivity index (χ3v) is 9.10. The highest BCUT2D eigenvalue weighted by Gasteiger charge is 2.50. The molecule has 0 amide bonds. The maximum absolute atomic E-state index is 13.1. The van der Waals surface area contributed by atoms with E-state index in [1.165, 1.54) is 10.4 Å². The fourth-order valence-electron chi connectivity index (χ4n) is 4.37. The van der Waals surface area contributed by atoms with Crippen molar-refractivity contribution in [2.24, 2.45) is 7.05 Å². The maximum Gasteiger partial charge on any atom is 0.183 e. The van der Waals surface area contributed by atoms with Crippen LogP contribution >= 0.6 is 11.3 Å². The number of fused-ring (bicyclic) bond motifs is 3. The van der Waals surface area contributed by atoms with E-state index in [4.69, 9.17) is 0 Å². The highest BCUT2D eigenvalue weighted by atomic mass is 32.2. The van der Waals surface area contributed by atoms with E-state index in [1.807, 2.05) is 25.5 Å². The molecule has 140 valence electrons. The highest BCUT2D eigenvalue weighted by Crippen LogP contribution is 2.46. The van der Waals surface area contributed by atoms with Gasteiger partial charge in [-0.05, 0) is 47.2 Å². The van der Waals surface area contributed by atoms with Crippen LogP contribution in [0.25, 0.3) is 11.1 Å². The van der Waals surface area contributed by atoms with Crippen molar-refractivity contribution in [2.45, 2.75) is 29.5 Å². The van der Waals surface area contributed by atoms with Gasteiger partial charge in [-0.1, -0.05) is 6.07 Å². The van der Waals surface area contributed by atoms with E-state index in [0.29, 0.717) is 11.4 Å². The molecule has 27 heavy (non-hydrogen) atoms. The first-order valence-corrected chi connectivity index (χ1v) is 11.5. The average molecular weight is 400 g/mol. The predicted molar refractivity (Wildman–Crippen MR) is 107 cm³/mol. The lowest BCUT2D eigenvalue weighted by molar-refractivity contribution is 0.328. The van der Waals surface area contributed by atoms with E-state index in [2.05, 4.69) is 34.4 Å². The summed E-state index contributed by atoms with van der Waals surface area (Å²) in [7, 11) is -1.37. The number of likely N-dealkylation sites (tertiary alicyclic amines) is 1. The lowest BCUT2D eigenvalue weighted by atomic mass is 9.95. The van der Waals surface area contributed by atoms with Gasteiger partial charge in [-0.15, -0.1) is 11.3 Å². The number of aromatic nitrogens is 2. The standard InChI is InChI=1S/C20H21N3O2S2/c1-13-5-6-26-18(13)11-23-10-17-16-7-14(15-8-21-22(2)9-15)3-4-19(16)27(24,25)20(17)12-23/h3-9,17,20H,10-12H2,1-2H3. The molecule has 2 atom stereocenters. The molecule has 4 heterocycles. The first-order chi connectivity index (χ1) is 12.9. The molecule has 1 aromatic carbocycles. The van der Waals surface area contributed by atoms with Crippen LogP contribution in [-0.2, 0) is 23.4 Å². The molecule has 2 aliphatic rings. The second-order valence-electron chi connectivity index (χ2n) is 7.57. The molecule has 0 saturated carbocycles. The topological polar surface area (TPSA) is 55.2 Å². The molecule has 7 heteroatoms. The molecule has 2 unspecified atom stereocenters. The van der Waals surface area contributed by atoms with E-state index < -0.39 is 9.84 Å². The van der Waals surface area contributed by atoms with Gasteiger partial charge in [0.1, 0.15) is 0 Å². The number of thiophene rings is 1. The summed E-state index contributed by atoms with van der Waals surface area (Å²) in [5.41, 5.74) is 4.32. The SMILES string of the molecule is Cc1ccsc1CN1CC2c3cc(-c4cnn(C)c4)ccc3S(=O)(=O)C2C1. The second-order valence-corrected chi connectivity index (χ2v) is 10.7. The molecule has 3 aromatic rings. The Balaban J connectivity index is 1.49. The number of aryl methyl sites for hydroxylation is 2. The molecule has 1 saturated heterocycles. The fraction of sp³-hybridized carbons (Fsp3) is 0.350. The monoisotopic (exact) mass is 399 g/mol. The lowest BCUT2D eigenvalue weighted by Gasteiger charge is -2.17. The normalized spacial score (nSPS) is 23.5. The minimum Gasteiger partial charge on any atom is -0.296 e. The van der Waals surface area contributed by atoms with Gasteiger partial charge in [-0.2, -0.15) is 5.10 Å². The van der Waals surface area contributed by atoms with Crippen molar-refractivity contribution in [1.82, 2.24) is 14.7 Å². The summed E-state index contributed by atoms with van der Waals surface area (Å²) in [4.78, 5) is 4.15. The highest BCUT2D eigenvalue weighted by molar-refractivity contribution is 7.92. The molecule has 0 N–H and O–H groups in total. The van der Waals surface area contributed by atoms with Gasteiger partial charge in [0.15, 0.2) is 9.84 Å². The van der Waals surface area contributed by atoms with Gasteiger partial charge < -0.3 is 0 Å². The van der Waals surface area contributed by atoms with Crippen LogP contribution in [0.1, 0.15) is 21.9 Å². The zero-order valence-electron chi connectivity index (χ0n) is 15.3. The molecule has 0 bridgehead atoms. The quantitative estimate of drug-likeness (QED) is 0.679. The van der Waals surface area contributed by atoms with Gasteiger partial charge in [0.2, 0.25) is 0 Å². The molecule has 5 rings (SSSR count). The van der Waals surface area contributed by atoms with Gasteiger partial charge in [0, 0.05) is 49.2 Å². The van der Waals surface area contributed by atoms with E-state index in [1.54, 1.807) is 22.1 Å². The van der Waals surface area contributed by atoms with E-state index in [-0.39, 0.29) is 11.2 Å². The third-order valence-electron chi connectivity index (χ3n) is 5.83. The Bertz CT molecular complexity index is 1130. The molecule has 0 radical (unpaired) electrons. The Labute approximate surface area is 163 Å². The first kappa shape index (κ1) is 17.2. The summed E-state index contributed by atoms with van der Waals surface area (Å²) in [5, 5.41) is 6.02. The number of benzene rings is 1. The molecular weight excluding hydrogens is 378 g/mol. The Morgan fingerprint density at radius 3 is 2.78 bits per heavy atom. The van der Waals surface area contributed by atoms with E-state index in [0.717, 1.165) is 29.8 Å². The minimum atomic E-state index is -3.26. The Morgan fingerprint density at radius 1 is 1.22 bits per heavy atom. The number of rotatable bonds is 3. The van der Waals surface area contributed by atoms with Crippen LogP contribution in [0.3, 0.4) is 0 Å². The number of sulfone groups is 1. The second kappa shape index (κ2) is 6.02. The summed E-state index contributed by atoms with van der Waals surface area (Å²) < 4.78 is 28.0. The molecule has 0 spiro atoms. The Hall–Kier alpha value is -1.96. The zero-order chi connectivity index (χ0) is 18.8. The van der Waals surface area contributed by atoms with E-state index >= 15 is 0 Å². The average Bonchev–Trinajstić information content (AvgIpc) is 3.38. The molecule has 0 aliphatic carbocycles. The van der Waals surface area contributed by atoms with Gasteiger partial charge >= 0.3 is 0 Å². The van der Waals surface area contributed by atoms with Gasteiger partial charge in [0.05, 0.1) is 16.3 Å². The van der Waals surface area contributed by atoms with Crippen LogP contribution in [0, 0.1) is 6.92 Å². The van der Waals surface area contributed by atoms with Crippen molar-refractivity contribution in [2.75, 3.05) is 13.1 Å². The van der Waals surface area contributed by atoms with Crippen molar-refractivity contribution in [3.8, 4) is 11.1 Å². The predicted octanol–water partition coefficient (Wildman–Crippen LogP) is 3.21. The smallest absolute Gasteiger partial charge is 0.183 e. The lowest BCUT2D eigenvalue weighted by Crippen LogP contribution is -2.25. The third kappa shape index (κ3) is 2.68. The van der Waals surface area contributed by atoms with Gasteiger partial charge in [-0.25, -0.2) is 8.42 Å². The molecule has 5 nitrogen and oxygen atoms in total. The van der Waals surface area contributed by atoms with E-state index in [9.17, 15) is 8.42 Å². The van der Waals surface area contributed by atoms with Crippen molar-refractivity contribution in [3.63, 3.8) is 0 Å². The zero-order valence-corrected chi connectivity index (χ0v) is 16.9. The van der Waals surface area contributed by atoms with Crippen molar-refractivity contribution in [1.29, 1.82) is 0 Å². The summed E-state index contributed by atoms with van der Waals surface area (Å²) in [6.45, 7) is 4.37. The van der Waals surface area contributed by atoms with Crippen LogP contribution < -0.4 is 0 Å². The molecule has 2 aliphatic heterocycles. The summed E-state index contributed by atoms with van der Waals surface area (Å²) in [6, 6.07) is 7.89. The van der Waals surface area contributed by atoms with Gasteiger partial charge in [-0.3, -0.25) is 9.58 Å². The van der Waals surface area contributed by atoms with Crippen LogP contribution in [0.2, 0.25) is 0 Å². The van der Waals surface area contributed by atoms with Crippen LogP contribution in [0.5, 0.6) is 0 Å². The largest absolute Gasteiger partial charge is 0.296 e. The van der Waals surface area contributed by atoms with Crippen LogP contribution in [0.4, 0.5) is 0 Å². The minimum absolute atomic E-state index is 0.0573. The number of hydrogen-bond donors (Lipinski definition) is 0. The Kier molecular flexibility index (Phi) is 3.83. The molecular formula is C20H21N3O2S2. The van der Waals surface area contributed by atoms with Crippen LogP contribution in [0.15, 0.2) is 46.9 Å². The maximum atomic E-state index is 13.1. The first-order valence-electron chi connectivity index (χ1n) is 9.05. The fourth-order valence-corrected chi connectivity index (χ4v) is 7.52. The summed E-state index contributed by atoms with van der Waals surface area (Å²) >= 11 is 1.75. The van der Waals surface area contributed by atoms with Crippen molar-refractivity contribution < 1.29 is 8.42 Å². The van der Waals surface area contributed by atoms with Gasteiger partial charge in [0.25, 0.3) is 0 Å². The Morgan fingerprint density at radius 2 is 2.07 bits per heavy atom. The number of hydrogen-bond acceptors (Lipinski definition) is 5. The molecule has 1 fully saturated rings. The van der Waals surface area contributed by atoms with Crippen molar-refractivity contribution >= 4 is 21.2 Å². The number of nitrogens with zero attached hydrogens (tertiary/aromatic N) is 3.